The van der Waals surface area contributed by atoms with Gasteiger partial charge in [0, 0.05) is 18.1 Å². The van der Waals surface area contributed by atoms with Gasteiger partial charge < -0.3 is 0 Å². The first-order valence-electron chi connectivity index (χ1n) is 4.53. The van der Waals surface area contributed by atoms with E-state index in [-0.39, 0.29) is 0 Å². The summed E-state index contributed by atoms with van der Waals surface area (Å²) in [6, 6.07) is 1.84. The Morgan fingerprint density at radius 3 is 2.69 bits per heavy atom. The van der Waals surface area contributed by atoms with Gasteiger partial charge in [0.25, 0.3) is 0 Å². The summed E-state index contributed by atoms with van der Waals surface area (Å²) in [5.41, 5.74) is 1.60. The van der Waals surface area contributed by atoms with Crippen molar-refractivity contribution in [1.29, 1.82) is 0 Å². The molecule has 0 spiro atoms. The van der Waals surface area contributed by atoms with Crippen molar-refractivity contribution in [1.82, 2.24) is 9.97 Å². The van der Waals surface area contributed by atoms with E-state index in [4.69, 9.17) is 0 Å². The highest BCUT2D eigenvalue weighted by atomic mass is 32.2. The van der Waals surface area contributed by atoms with Crippen LogP contribution >= 0.6 is 11.8 Å². The Bertz CT molecular complexity index is 289. The van der Waals surface area contributed by atoms with E-state index in [1.54, 1.807) is 29.7 Å². The van der Waals surface area contributed by atoms with Gasteiger partial charge in [0.2, 0.25) is 0 Å². The molecule has 0 aliphatic heterocycles. The van der Waals surface area contributed by atoms with E-state index in [0.29, 0.717) is 0 Å². The molecule has 1 saturated carbocycles. The first-order chi connectivity index (χ1) is 6.45. The Labute approximate surface area is 82.5 Å². The molecule has 68 valence electrons. The van der Waals surface area contributed by atoms with Gasteiger partial charge in [0.05, 0.1) is 0 Å². The normalized spacial score (nSPS) is 15.2. The second kappa shape index (κ2) is 4.42. The zero-order valence-corrected chi connectivity index (χ0v) is 8.26. The first kappa shape index (κ1) is 8.75. The summed E-state index contributed by atoms with van der Waals surface area (Å²) < 4.78 is 0. The summed E-state index contributed by atoms with van der Waals surface area (Å²) in [4.78, 5) is 8.28. The van der Waals surface area contributed by atoms with Gasteiger partial charge in [-0.1, -0.05) is 23.4 Å². The maximum Gasteiger partial charge on any atom is 0.187 e. The lowest BCUT2D eigenvalue weighted by Crippen LogP contribution is -1.96. The minimum Gasteiger partial charge on any atom is -0.231 e. The van der Waals surface area contributed by atoms with Crippen molar-refractivity contribution < 1.29 is 0 Å². The third kappa shape index (κ3) is 2.56. The molecule has 0 bridgehead atoms. The highest BCUT2D eigenvalue weighted by Crippen LogP contribution is 2.26. The molecule has 1 fully saturated rings. The Morgan fingerprint density at radius 2 is 2.08 bits per heavy atom. The van der Waals surface area contributed by atoms with Gasteiger partial charge in [-0.2, -0.15) is 0 Å². The maximum atomic E-state index is 4.14. The third-order valence-corrected chi connectivity index (χ3v) is 2.92. The summed E-state index contributed by atoms with van der Waals surface area (Å²) in [5.74, 6) is 1.01. The average Bonchev–Trinajstić information content (AvgIpc) is 2.11. The van der Waals surface area contributed by atoms with Gasteiger partial charge in [-0.05, 0) is 25.3 Å². The van der Waals surface area contributed by atoms with Crippen molar-refractivity contribution in [3.63, 3.8) is 0 Å². The van der Waals surface area contributed by atoms with Crippen LogP contribution in [0.5, 0.6) is 0 Å². The fourth-order valence-corrected chi connectivity index (χ4v) is 1.92. The Morgan fingerprint density at radius 1 is 1.31 bits per heavy atom. The Balaban J connectivity index is 1.79. The topological polar surface area (TPSA) is 25.8 Å². The van der Waals surface area contributed by atoms with Gasteiger partial charge in [0.1, 0.15) is 0 Å². The Hall–Kier alpha value is -0.830. The zero-order valence-electron chi connectivity index (χ0n) is 7.44. The number of nitrogens with zero attached hydrogens (tertiary/aromatic N) is 2. The lowest BCUT2D eigenvalue weighted by Gasteiger charge is -2.15. The fraction of sp³-hybridized carbons (Fsp3) is 0.400. The molecule has 0 amide bonds. The average molecular weight is 192 g/mol. The standard InChI is InChI=1S/C10H12N2S/c1-3-9(4-1)5-8-13-10-11-6-2-7-12-10/h2,5-7H,1,3-4,8H2. The third-order valence-electron chi connectivity index (χ3n) is 2.12. The number of allylic oxidation sites excluding steroid dienone is 1. The van der Waals surface area contributed by atoms with Crippen molar-refractivity contribution in [2.75, 3.05) is 5.75 Å². The quantitative estimate of drug-likeness (QED) is 0.418. The number of hydrogen-bond acceptors (Lipinski definition) is 3. The highest BCUT2D eigenvalue weighted by Gasteiger charge is 2.06. The summed E-state index contributed by atoms with van der Waals surface area (Å²) in [5, 5.41) is 0.874. The van der Waals surface area contributed by atoms with Crippen molar-refractivity contribution in [2.45, 2.75) is 24.4 Å². The van der Waals surface area contributed by atoms with E-state index in [1.807, 2.05) is 6.07 Å². The summed E-state index contributed by atoms with van der Waals surface area (Å²) in [6.07, 6.45) is 9.85. The van der Waals surface area contributed by atoms with E-state index in [1.165, 1.54) is 19.3 Å². The molecule has 0 unspecified atom stereocenters. The molecule has 1 aliphatic rings. The number of rotatable bonds is 3. The Kier molecular flexibility index (Phi) is 2.98. The van der Waals surface area contributed by atoms with Crippen molar-refractivity contribution >= 4 is 11.8 Å². The molecule has 0 saturated heterocycles. The maximum absolute atomic E-state index is 4.14. The van der Waals surface area contributed by atoms with Crippen LogP contribution in [0.4, 0.5) is 0 Å². The largest absolute Gasteiger partial charge is 0.231 e. The van der Waals surface area contributed by atoms with E-state index in [0.717, 1.165) is 10.9 Å². The van der Waals surface area contributed by atoms with Crippen molar-refractivity contribution in [3.8, 4) is 0 Å². The molecular weight excluding hydrogens is 180 g/mol. The van der Waals surface area contributed by atoms with Crippen molar-refractivity contribution in [2.24, 2.45) is 0 Å². The van der Waals surface area contributed by atoms with Gasteiger partial charge >= 0.3 is 0 Å². The minimum atomic E-state index is 0.874. The molecule has 0 N–H and O–H groups in total. The van der Waals surface area contributed by atoms with Crippen LogP contribution in [-0.2, 0) is 0 Å². The van der Waals surface area contributed by atoms with Gasteiger partial charge in [-0.25, -0.2) is 9.97 Å². The van der Waals surface area contributed by atoms with Gasteiger partial charge in [-0.15, -0.1) is 0 Å². The van der Waals surface area contributed by atoms with Crippen LogP contribution in [0.1, 0.15) is 19.3 Å². The van der Waals surface area contributed by atoms with Crippen molar-refractivity contribution in [3.05, 3.63) is 30.1 Å². The lowest BCUT2D eigenvalue weighted by atomic mass is 9.93. The second-order valence-electron chi connectivity index (χ2n) is 3.06. The van der Waals surface area contributed by atoms with Crippen LogP contribution in [0, 0.1) is 0 Å². The number of thioether (sulfide) groups is 1. The molecule has 0 aromatic carbocycles. The molecule has 0 radical (unpaired) electrons. The zero-order chi connectivity index (χ0) is 8.93. The van der Waals surface area contributed by atoms with Gasteiger partial charge in [0.15, 0.2) is 5.16 Å². The number of aromatic nitrogens is 2. The minimum absolute atomic E-state index is 0.874. The smallest absolute Gasteiger partial charge is 0.187 e. The second-order valence-corrected chi connectivity index (χ2v) is 4.05. The first-order valence-corrected chi connectivity index (χ1v) is 5.51. The van der Waals surface area contributed by atoms with E-state index >= 15 is 0 Å². The molecule has 2 nitrogen and oxygen atoms in total. The van der Waals surface area contributed by atoms with E-state index in [2.05, 4.69) is 16.0 Å². The van der Waals surface area contributed by atoms with Crippen LogP contribution < -0.4 is 0 Å². The lowest BCUT2D eigenvalue weighted by molar-refractivity contribution is 0.661. The highest BCUT2D eigenvalue weighted by molar-refractivity contribution is 7.99. The van der Waals surface area contributed by atoms with Crippen LogP contribution in [-0.4, -0.2) is 15.7 Å². The fourth-order valence-electron chi connectivity index (χ4n) is 1.18. The molecule has 1 aromatic heterocycles. The molecule has 0 atom stereocenters. The van der Waals surface area contributed by atoms with E-state index in [9.17, 15) is 0 Å². The van der Waals surface area contributed by atoms with Crippen LogP contribution in [0.2, 0.25) is 0 Å². The molecule has 1 heterocycles. The molecule has 1 aromatic rings. The van der Waals surface area contributed by atoms with Gasteiger partial charge in [-0.3, -0.25) is 0 Å². The van der Waals surface area contributed by atoms with Crippen LogP contribution in [0.15, 0.2) is 35.3 Å². The molecule has 2 rings (SSSR count). The molecule has 13 heavy (non-hydrogen) atoms. The molecule has 3 heteroatoms. The SMILES string of the molecule is C(CSc1ncccn1)=C1CCC1. The van der Waals surface area contributed by atoms with Crippen LogP contribution in [0.3, 0.4) is 0 Å². The predicted molar refractivity (Wildman–Crippen MR) is 54.7 cm³/mol. The predicted octanol–water partition coefficient (Wildman–Crippen LogP) is 2.68. The summed E-state index contributed by atoms with van der Waals surface area (Å²) in [6.45, 7) is 0. The molecule has 1 aliphatic carbocycles. The monoisotopic (exact) mass is 192 g/mol. The summed E-state index contributed by atoms with van der Waals surface area (Å²) >= 11 is 1.70. The van der Waals surface area contributed by atoms with Crippen LogP contribution in [0.25, 0.3) is 0 Å². The number of hydrogen-bond donors (Lipinski definition) is 0. The molecular formula is C10H12N2S. The van der Waals surface area contributed by atoms with E-state index < -0.39 is 0 Å². The summed E-state index contributed by atoms with van der Waals surface area (Å²) in [7, 11) is 0.